The average molecular weight is 699 g/mol. The molecule has 0 aromatic heterocycles. The van der Waals surface area contributed by atoms with Gasteiger partial charge in [-0.15, -0.1) is 0 Å². The molecule has 1 unspecified atom stereocenters. The predicted octanol–water partition coefficient (Wildman–Crippen LogP) is 5.61. The number of hydrogen-bond acceptors (Lipinski definition) is 0. The van der Waals surface area contributed by atoms with Crippen LogP contribution in [0, 0.1) is 11.3 Å². The summed E-state index contributed by atoms with van der Waals surface area (Å²) < 4.78 is 4.00. The summed E-state index contributed by atoms with van der Waals surface area (Å²) in [4.78, 5) is 0. The Bertz CT molecular complexity index is 1610. The molecular formula is C41H44Cl2Zr. The van der Waals surface area contributed by atoms with Crippen LogP contribution in [0.2, 0.25) is 0 Å². The van der Waals surface area contributed by atoms with Crippen molar-refractivity contribution in [2.24, 2.45) is 11.3 Å². The second kappa shape index (κ2) is 14.4. The number of unbranched alkanes of at least 4 members (excludes halogenated alkanes) is 1. The van der Waals surface area contributed by atoms with E-state index in [-0.39, 0.29) is 30.2 Å². The second-order valence-electron chi connectivity index (χ2n) is 13.4. The van der Waals surface area contributed by atoms with Gasteiger partial charge in [0.05, 0.1) is 0 Å². The third kappa shape index (κ3) is 6.77. The maximum Gasteiger partial charge on any atom is -1.00 e. The van der Waals surface area contributed by atoms with Gasteiger partial charge < -0.3 is 24.8 Å². The van der Waals surface area contributed by atoms with Gasteiger partial charge in [0.1, 0.15) is 0 Å². The largest absolute Gasteiger partial charge is 1.00 e. The number of allylic oxidation sites excluding steroid dienone is 4. The van der Waals surface area contributed by atoms with E-state index in [9.17, 15) is 0 Å². The summed E-state index contributed by atoms with van der Waals surface area (Å²) in [6, 6.07) is 36.5. The first-order valence-electron chi connectivity index (χ1n) is 15.8. The molecule has 1 atom stereocenters. The fourth-order valence-corrected chi connectivity index (χ4v) is 15.6. The molecule has 3 heteroatoms. The van der Waals surface area contributed by atoms with Gasteiger partial charge in [0.15, 0.2) is 0 Å². The summed E-state index contributed by atoms with van der Waals surface area (Å²) in [5.41, 5.74) is 13.0. The molecule has 4 aromatic carbocycles. The molecule has 4 aromatic rings. The van der Waals surface area contributed by atoms with Gasteiger partial charge in [0.25, 0.3) is 0 Å². The number of fused-ring (bicyclic) bond motifs is 3. The minimum absolute atomic E-state index is 0. The van der Waals surface area contributed by atoms with E-state index in [1.807, 2.05) is 3.28 Å². The van der Waals surface area contributed by atoms with Crippen molar-refractivity contribution in [1.29, 1.82) is 0 Å². The van der Waals surface area contributed by atoms with Gasteiger partial charge in [-0.05, 0) is 0 Å². The maximum absolute atomic E-state index is 2.68. The SMILES string of the molecule is CCCCC1C=C(C(C)(C)C)C=[C]1[Zr+2](=[C](C)C)[CH]1c2cc(-c3ccccc3)ccc2-c2ccc(-c3ccccc3)cc21.[Cl-].[Cl-]. The van der Waals surface area contributed by atoms with Crippen LogP contribution in [-0.4, -0.2) is 3.21 Å². The normalized spacial score (nSPS) is 15.2. The van der Waals surface area contributed by atoms with E-state index in [1.54, 1.807) is 19.9 Å². The minimum Gasteiger partial charge on any atom is -1.00 e. The van der Waals surface area contributed by atoms with Crippen LogP contribution in [0.3, 0.4) is 0 Å². The number of halogens is 2. The maximum atomic E-state index is 2.68. The van der Waals surface area contributed by atoms with Crippen molar-refractivity contribution in [3.05, 3.63) is 129 Å². The van der Waals surface area contributed by atoms with E-state index in [0.717, 1.165) is 0 Å². The second-order valence-corrected chi connectivity index (χ2v) is 20.7. The predicted molar refractivity (Wildman–Crippen MR) is 180 cm³/mol. The van der Waals surface area contributed by atoms with Crippen molar-refractivity contribution in [3.8, 4) is 33.4 Å². The summed E-state index contributed by atoms with van der Waals surface area (Å²) in [5, 5.41) is 0. The minimum atomic E-state index is -2.41. The van der Waals surface area contributed by atoms with Crippen molar-refractivity contribution in [3.63, 3.8) is 0 Å². The molecule has 0 fully saturated rings. The van der Waals surface area contributed by atoms with Gasteiger partial charge in [0, 0.05) is 0 Å². The van der Waals surface area contributed by atoms with Crippen LogP contribution in [0.4, 0.5) is 0 Å². The summed E-state index contributed by atoms with van der Waals surface area (Å²) in [6.45, 7) is 14.4. The Labute approximate surface area is 285 Å². The molecule has 0 nitrogen and oxygen atoms in total. The molecule has 0 amide bonds. The molecule has 0 N–H and O–H groups in total. The molecule has 0 aliphatic heterocycles. The van der Waals surface area contributed by atoms with Gasteiger partial charge in [-0.2, -0.15) is 0 Å². The van der Waals surface area contributed by atoms with Crippen molar-refractivity contribution in [1.82, 2.24) is 0 Å². The van der Waals surface area contributed by atoms with Crippen LogP contribution in [0.5, 0.6) is 0 Å². The Balaban J connectivity index is 0.00000221. The Morgan fingerprint density at radius 3 is 1.61 bits per heavy atom. The molecule has 0 saturated carbocycles. The first-order chi connectivity index (χ1) is 20.3. The van der Waals surface area contributed by atoms with Crippen LogP contribution in [0.1, 0.15) is 75.6 Å². The smallest absolute Gasteiger partial charge is 1.00 e. The van der Waals surface area contributed by atoms with Crippen LogP contribution in [0.25, 0.3) is 33.4 Å². The third-order valence-corrected chi connectivity index (χ3v) is 17.6. The Morgan fingerprint density at radius 1 is 0.682 bits per heavy atom. The fourth-order valence-electron chi connectivity index (χ4n) is 6.97. The van der Waals surface area contributed by atoms with Crippen molar-refractivity contribution >= 4 is 3.21 Å². The molecule has 44 heavy (non-hydrogen) atoms. The standard InChI is InChI=1S/C25H17.C13H21.C3H6.2ClH.Zr/c1-3-7-18(8-4-1)20-11-13-24-22(15-20)17-23-16-21(12-14-25(23)24)19-9-5-2-6-10-19;1-5-6-7-11-8-9-12(10-11)13(2,3)4;1-3-2;;;/h1-17H;9-11H,5-7H2,1-4H3;1-2H3;2*1H;/q;;;;;+2/p-2. The first-order valence-corrected chi connectivity index (χ1v) is 19.6. The molecule has 6 rings (SSSR count). The number of hydrogen-bond donors (Lipinski definition) is 0. The van der Waals surface area contributed by atoms with Gasteiger partial charge in [0.2, 0.25) is 0 Å². The third-order valence-electron chi connectivity index (χ3n) is 9.19. The van der Waals surface area contributed by atoms with Crippen LogP contribution in [-0.2, 0) is 21.3 Å². The number of rotatable bonds is 7. The zero-order valence-electron chi connectivity index (χ0n) is 26.9. The summed E-state index contributed by atoms with van der Waals surface area (Å²) in [6.07, 6.45) is 9.17. The first kappa shape index (κ1) is 34.6. The molecule has 0 heterocycles. The van der Waals surface area contributed by atoms with Crippen LogP contribution >= 0.6 is 0 Å². The quantitative estimate of drug-likeness (QED) is 0.236. The zero-order valence-corrected chi connectivity index (χ0v) is 30.9. The van der Waals surface area contributed by atoms with E-state index in [1.165, 1.54) is 52.6 Å². The Morgan fingerprint density at radius 2 is 1.18 bits per heavy atom. The van der Waals surface area contributed by atoms with Gasteiger partial charge in [-0.1, -0.05) is 0 Å². The van der Waals surface area contributed by atoms with Crippen molar-refractivity contribution < 1.29 is 46.1 Å². The summed E-state index contributed by atoms with van der Waals surface area (Å²) >= 11 is -2.41. The molecule has 0 spiro atoms. The van der Waals surface area contributed by atoms with Crippen LogP contribution < -0.4 is 24.8 Å². The van der Waals surface area contributed by atoms with Gasteiger partial charge >= 0.3 is 263 Å². The van der Waals surface area contributed by atoms with Crippen molar-refractivity contribution in [2.45, 2.75) is 64.4 Å². The Kier molecular flexibility index (Phi) is 11.3. The summed E-state index contributed by atoms with van der Waals surface area (Å²) in [7, 11) is 0. The fraction of sp³-hybridized carbons (Fsp3) is 0.293. The molecule has 2 aliphatic rings. The summed E-state index contributed by atoms with van der Waals surface area (Å²) in [5.74, 6) is 0.589. The molecule has 0 radical (unpaired) electrons. The molecule has 0 bridgehead atoms. The molecule has 2 aliphatic carbocycles. The van der Waals surface area contributed by atoms with E-state index in [0.29, 0.717) is 9.54 Å². The molecule has 0 saturated heterocycles. The van der Waals surface area contributed by atoms with E-state index < -0.39 is 21.3 Å². The molecule has 226 valence electrons. The van der Waals surface area contributed by atoms with E-state index in [4.69, 9.17) is 0 Å². The topological polar surface area (TPSA) is 0 Å². The monoisotopic (exact) mass is 696 g/mol. The van der Waals surface area contributed by atoms with Gasteiger partial charge in [-0.3, -0.25) is 0 Å². The van der Waals surface area contributed by atoms with Gasteiger partial charge in [-0.25, -0.2) is 0 Å². The zero-order chi connectivity index (χ0) is 29.4. The average Bonchev–Trinajstić information content (AvgIpc) is 3.56. The van der Waals surface area contributed by atoms with Crippen LogP contribution in [0.15, 0.2) is 118 Å². The Hall–Kier alpha value is -2.31. The van der Waals surface area contributed by atoms with Crippen molar-refractivity contribution in [2.75, 3.05) is 0 Å². The van der Waals surface area contributed by atoms with E-state index >= 15 is 0 Å². The molecular weight excluding hydrogens is 655 g/mol. The number of benzene rings is 4. The van der Waals surface area contributed by atoms with E-state index in [2.05, 4.69) is 151 Å².